The lowest BCUT2D eigenvalue weighted by atomic mass is 9.99. The molecule has 3 heterocycles. The molecule has 3 amide bonds. The summed E-state index contributed by atoms with van der Waals surface area (Å²) in [7, 11) is 0. The number of carboxylic acid groups (broad SMARTS) is 1. The molecule has 5 rings (SSSR count). The molecule has 0 aliphatic carbocycles. The third kappa shape index (κ3) is 5.35. The Hall–Kier alpha value is -3.35. The van der Waals surface area contributed by atoms with Gasteiger partial charge in [0.05, 0.1) is 38.5 Å². The van der Waals surface area contributed by atoms with Crippen LogP contribution in [0, 0.1) is 5.82 Å². The van der Waals surface area contributed by atoms with E-state index in [0.717, 1.165) is 11.3 Å². The normalized spacial score (nSPS) is 17.4. The SMILES string of the molecule is CC(C)(C)OC(=O)Nc1nc2c(-c3c(Cl)cc4c(c3Cl)OCC[C@H]3CN(C(=O)O)CCN3C4=O)ccc(F)c2s1. The van der Waals surface area contributed by atoms with Crippen LogP contribution < -0.4 is 10.1 Å². The number of benzene rings is 2. The standard InChI is InChI=1S/C26H25Cl2FN4O6S/c1-26(2,3)39-24(35)31-23-30-19-13(4-5-16(29)21(19)40-23)17-15(27)10-14-20(18(17)28)38-9-6-12-11-32(25(36)37)7-8-33(12)22(14)34/h4-5,10,12H,6-9,11H2,1-3H3,(H,36,37)(H,30,31,35)/t12-/m0/s1. The third-order valence-corrected chi connectivity index (χ3v) is 8.13. The summed E-state index contributed by atoms with van der Waals surface area (Å²) in [5.41, 5.74) is 0.300. The monoisotopic (exact) mass is 610 g/mol. The number of anilines is 1. The van der Waals surface area contributed by atoms with E-state index in [9.17, 15) is 23.9 Å². The van der Waals surface area contributed by atoms with E-state index in [2.05, 4.69) is 10.3 Å². The highest BCUT2D eigenvalue weighted by molar-refractivity contribution is 7.22. The summed E-state index contributed by atoms with van der Waals surface area (Å²) in [5, 5.41) is 12.2. The third-order valence-electron chi connectivity index (χ3n) is 6.49. The molecule has 1 atom stereocenters. The summed E-state index contributed by atoms with van der Waals surface area (Å²) < 4.78 is 26.2. The van der Waals surface area contributed by atoms with Crippen LogP contribution in [0.15, 0.2) is 18.2 Å². The zero-order chi connectivity index (χ0) is 28.9. The first-order valence-corrected chi connectivity index (χ1v) is 13.9. The van der Waals surface area contributed by atoms with E-state index < -0.39 is 23.6 Å². The molecule has 14 heteroatoms. The number of piperazine rings is 1. The van der Waals surface area contributed by atoms with E-state index in [1.54, 1.807) is 25.7 Å². The van der Waals surface area contributed by atoms with Crippen molar-refractivity contribution in [3.8, 4) is 16.9 Å². The van der Waals surface area contributed by atoms with Gasteiger partial charge in [-0.25, -0.2) is 19.0 Å². The van der Waals surface area contributed by atoms with Gasteiger partial charge in [0.2, 0.25) is 0 Å². The van der Waals surface area contributed by atoms with Crippen molar-refractivity contribution in [1.29, 1.82) is 0 Å². The predicted molar refractivity (Wildman–Crippen MR) is 149 cm³/mol. The molecular weight excluding hydrogens is 586 g/mol. The largest absolute Gasteiger partial charge is 0.491 e. The first-order chi connectivity index (χ1) is 18.8. The number of aromatic nitrogens is 1. The van der Waals surface area contributed by atoms with Crippen molar-refractivity contribution in [2.75, 3.05) is 31.6 Å². The second-order valence-electron chi connectivity index (χ2n) is 10.4. The van der Waals surface area contributed by atoms with E-state index in [0.29, 0.717) is 17.5 Å². The topological polar surface area (TPSA) is 121 Å². The van der Waals surface area contributed by atoms with Crippen LogP contribution in [0.25, 0.3) is 21.3 Å². The molecule has 0 radical (unpaired) electrons. The Morgan fingerprint density at radius 3 is 2.70 bits per heavy atom. The fourth-order valence-electron chi connectivity index (χ4n) is 4.76. The summed E-state index contributed by atoms with van der Waals surface area (Å²) in [6.45, 7) is 5.91. The molecule has 2 N–H and O–H groups in total. The Kier molecular flexibility index (Phi) is 7.45. The second kappa shape index (κ2) is 10.6. The van der Waals surface area contributed by atoms with Crippen molar-refractivity contribution in [2.45, 2.75) is 38.8 Å². The maximum atomic E-state index is 14.8. The maximum absolute atomic E-state index is 14.8. The van der Waals surface area contributed by atoms with Crippen LogP contribution >= 0.6 is 34.5 Å². The van der Waals surface area contributed by atoms with Crippen LogP contribution in [0.2, 0.25) is 10.0 Å². The lowest BCUT2D eigenvalue weighted by Crippen LogP contribution is -2.57. The van der Waals surface area contributed by atoms with Crippen LogP contribution in [-0.4, -0.2) is 75.9 Å². The van der Waals surface area contributed by atoms with Gasteiger partial charge in [0.25, 0.3) is 5.91 Å². The number of ether oxygens (including phenoxy) is 2. The van der Waals surface area contributed by atoms with Gasteiger partial charge >= 0.3 is 12.2 Å². The van der Waals surface area contributed by atoms with Gasteiger partial charge in [0, 0.05) is 37.2 Å². The average Bonchev–Trinajstić information content (AvgIpc) is 3.28. The molecular formula is C26H25Cl2FN4O6S. The zero-order valence-corrected chi connectivity index (χ0v) is 24.0. The molecule has 0 bridgehead atoms. The number of amides is 3. The quantitative estimate of drug-likeness (QED) is 0.347. The molecule has 2 aromatic carbocycles. The van der Waals surface area contributed by atoms with Crippen LogP contribution in [0.1, 0.15) is 37.6 Å². The number of hydrogen-bond donors (Lipinski definition) is 2. The van der Waals surface area contributed by atoms with Gasteiger partial charge in [-0.2, -0.15) is 0 Å². The minimum Gasteiger partial charge on any atom is -0.491 e. The Labute approximate surface area is 242 Å². The highest BCUT2D eigenvalue weighted by Crippen LogP contribution is 2.47. The molecule has 3 aromatic rings. The molecule has 40 heavy (non-hydrogen) atoms. The van der Waals surface area contributed by atoms with E-state index >= 15 is 0 Å². The van der Waals surface area contributed by atoms with Crippen molar-refractivity contribution in [1.82, 2.24) is 14.8 Å². The smallest absolute Gasteiger partial charge is 0.413 e. The lowest BCUT2D eigenvalue weighted by Gasteiger charge is -2.41. The predicted octanol–water partition coefficient (Wildman–Crippen LogP) is 6.34. The first kappa shape index (κ1) is 28.2. The van der Waals surface area contributed by atoms with Gasteiger partial charge in [0.15, 0.2) is 10.9 Å². The molecule has 2 aliphatic rings. The molecule has 1 aromatic heterocycles. The summed E-state index contributed by atoms with van der Waals surface area (Å²) in [6.07, 6.45) is -1.38. The Balaban J connectivity index is 1.54. The Morgan fingerprint density at radius 2 is 2.00 bits per heavy atom. The summed E-state index contributed by atoms with van der Waals surface area (Å²) >= 11 is 14.5. The fourth-order valence-corrected chi connectivity index (χ4v) is 6.36. The van der Waals surface area contributed by atoms with Gasteiger partial charge in [-0.3, -0.25) is 10.1 Å². The van der Waals surface area contributed by atoms with Crippen molar-refractivity contribution < 1.29 is 33.4 Å². The Bertz CT molecular complexity index is 1540. The van der Waals surface area contributed by atoms with E-state index in [4.69, 9.17) is 32.7 Å². The van der Waals surface area contributed by atoms with E-state index in [1.807, 2.05) is 0 Å². The van der Waals surface area contributed by atoms with Crippen LogP contribution in [-0.2, 0) is 4.74 Å². The zero-order valence-electron chi connectivity index (χ0n) is 21.7. The van der Waals surface area contributed by atoms with Gasteiger partial charge in [-0.05, 0) is 39.0 Å². The van der Waals surface area contributed by atoms with Crippen molar-refractivity contribution in [2.24, 2.45) is 0 Å². The van der Waals surface area contributed by atoms with Gasteiger partial charge < -0.3 is 24.4 Å². The number of hydrogen-bond acceptors (Lipinski definition) is 7. The average molecular weight is 611 g/mol. The number of carbonyl (C=O) groups is 3. The minimum atomic E-state index is -1.04. The molecule has 0 spiro atoms. The van der Waals surface area contributed by atoms with Crippen molar-refractivity contribution in [3.05, 3.63) is 39.6 Å². The van der Waals surface area contributed by atoms with Crippen molar-refractivity contribution in [3.63, 3.8) is 0 Å². The number of rotatable bonds is 2. The fraction of sp³-hybridized carbons (Fsp3) is 0.385. The molecule has 10 nitrogen and oxygen atoms in total. The summed E-state index contributed by atoms with van der Waals surface area (Å²) in [6, 6.07) is 3.81. The van der Waals surface area contributed by atoms with Crippen LogP contribution in [0.4, 0.5) is 19.1 Å². The summed E-state index contributed by atoms with van der Waals surface area (Å²) in [4.78, 5) is 44.6. The number of thiazole rings is 1. The maximum Gasteiger partial charge on any atom is 0.413 e. The van der Waals surface area contributed by atoms with Gasteiger partial charge in [0.1, 0.15) is 11.4 Å². The van der Waals surface area contributed by atoms with Gasteiger partial charge in [-0.15, -0.1) is 0 Å². The molecule has 2 aliphatic heterocycles. The molecule has 1 saturated heterocycles. The number of halogens is 3. The lowest BCUT2D eigenvalue weighted by molar-refractivity contribution is 0.0374. The molecule has 1 fully saturated rings. The highest BCUT2D eigenvalue weighted by atomic mass is 35.5. The second-order valence-corrected chi connectivity index (χ2v) is 12.1. The number of carbonyl (C=O) groups excluding carboxylic acids is 2. The molecule has 0 saturated carbocycles. The van der Waals surface area contributed by atoms with Gasteiger partial charge in [-0.1, -0.05) is 34.5 Å². The van der Waals surface area contributed by atoms with E-state index in [-0.39, 0.29) is 74.9 Å². The van der Waals surface area contributed by atoms with Crippen LogP contribution in [0.5, 0.6) is 5.75 Å². The molecule has 212 valence electrons. The Morgan fingerprint density at radius 1 is 1.25 bits per heavy atom. The number of fused-ring (bicyclic) bond motifs is 3. The minimum absolute atomic E-state index is 0.0565. The van der Waals surface area contributed by atoms with E-state index in [1.165, 1.54) is 23.1 Å². The van der Waals surface area contributed by atoms with Crippen LogP contribution in [0.3, 0.4) is 0 Å². The molecule has 0 unspecified atom stereocenters. The first-order valence-electron chi connectivity index (χ1n) is 12.4. The highest BCUT2D eigenvalue weighted by Gasteiger charge is 2.37. The number of nitrogens with one attached hydrogen (secondary N) is 1. The van der Waals surface area contributed by atoms with Crippen molar-refractivity contribution >= 4 is 68.0 Å². The summed E-state index contributed by atoms with van der Waals surface area (Å²) in [5.74, 6) is -0.795. The number of nitrogens with zero attached hydrogens (tertiary/aromatic N) is 3.